The standard InChI is InChI=1S/C16H35O4P.C5H10O/c1-5-9-11-15(7-3)13-19-21(17,18)20-14-16(8-4)12-10-6-2;1-3-5(6)4-2/h15-16H,5-14H2,1-4H3,(H,17,18);3-4H2,1-2H3. The first-order chi connectivity index (χ1) is 12.8. The van der Waals surface area contributed by atoms with Gasteiger partial charge in [0.05, 0.1) is 13.2 Å². The smallest absolute Gasteiger partial charge is 0.302 e. The van der Waals surface area contributed by atoms with Crippen molar-refractivity contribution < 1.29 is 23.3 Å². The summed E-state index contributed by atoms with van der Waals surface area (Å²) in [6, 6.07) is 0. The lowest BCUT2D eigenvalue weighted by Gasteiger charge is -2.20. The van der Waals surface area contributed by atoms with Gasteiger partial charge < -0.3 is 4.89 Å². The number of hydrogen-bond acceptors (Lipinski definition) is 4. The van der Waals surface area contributed by atoms with Crippen molar-refractivity contribution in [3.8, 4) is 0 Å². The monoisotopic (exact) mass is 408 g/mol. The first kappa shape index (κ1) is 29.0. The van der Waals surface area contributed by atoms with Gasteiger partial charge in [-0.1, -0.05) is 80.1 Å². The first-order valence-corrected chi connectivity index (χ1v) is 12.4. The molecule has 0 aromatic carbocycles. The zero-order valence-electron chi connectivity index (χ0n) is 18.7. The highest BCUT2D eigenvalue weighted by Gasteiger charge is 2.24. The molecule has 0 heterocycles. The number of phosphoric ester groups is 1. The largest absolute Gasteiger partial charge is 0.472 e. The molecule has 0 aromatic heterocycles. The fourth-order valence-corrected chi connectivity index (χ4v) is 3.36. The van der Waals surface area contributed by atoms with Crippen molar-refractivity contribution >= 4 is 13.6 Å². The topological polar surface area (TPSA) is 72.8 Å². The molecule has 0 radical (unpaired) electrons. The van der Waals surface area contributed by atoms with Gasteiger partial charge in [0.25, 0.3) is 0 Å². The number of unbranched alkanes of at least 4 members (excludes halogenated alkanes) is 2. The fourth-order valence-electron chi connectivity index (χ4n) is 2.48. The molecule has 0 saturated carbocycles. The number of hydrogen-bond donors (Lipinski definition) is 1. The summed E-state index contributed by atoms with van der Waals surface area (Å²) in [6.07, 6.45) is 9.94. The van der Waals surface area contributed by atoms with Crippen LogP contribution in [0, 0.1) is 11.8 Å². The summed E-state index contributed by atoms with van der Waals surface area (Å²) in [5.74, 6) is 1.03. The van der Waals surface area contributed by atoms with E-state index in [1.807, 2.05) is 13.8 Å². The molecule has 27 heavy (non-hydrogen) atoms. The van der Waals surface area contributed by atoms with E-state index in [-0.39, 0.29) is 0 Å². The molecule has 2 unspecified atom stereocenters. The van der Waals surface area contributed by atoms with Crippen LogP contribution in [0.15, 0.2) is 0 Å². The molecule has 164 valence electrons. The lowest BCUT2D eigenvalue weighted by molar-refractivity contribution is -0.118. The highest BCUT2D eigenvalue weighted by Crippen LogP contribution is 2.44. The van der Waals surface area contributed by atoms with Crippen LogP contribution in [0.25, 0.3) is 0 Å². The van der Waals surface area contributed by atoms with E-state index < -0.39 is 7.82 Å². The molecule has 1 N–H and O–H groups in total. The van der Waals surface area contributed by atoms with Crippen LogP contribution < -0.4 is 0 Å². The maximum absolute atomic E-state index is 11.9. The third kappa shape index (κ3) is 18.9. The highest BCUT2D eigenvalue weighted by molar-refractivity contribution is 7.47. The van der Waals surface area contributed by atoms with Gasteiger partial charge in [-0.2, -0.15) is 0 Å². The molecule has 6 heteroatoms. The molecule has 0 aliphatic carbocycles. The summed E-state index contributed by atoms with van der Waals surface area (Å²) in [4.78, 5) is 19.9. The first-order valence-electron chi connectivity index (χ1n) is 10.9. The van der Waals surface area contributed by atoms with Crippen LogP contribution >= 0.6 is 7.82 Å². The van der Waals surface area contributed by atoms with E-state index in [1.165, 1.54) is 0 Å². The molecule has 5 nitrogen and oxygen atoms in total. The van der Waals surface area contributed by atoms with Crippen molar-refractivity contribution in [2.45, 2.75) is 106 Å². The second-order valence-corrected chi connectivity index (χ2v) is 8.59. The van der Waals surface area contributed by atoms with Crippen LogP contribution in [-0.2, 0) is 18.4 Å². The second-order valence-electron chi connectivity index (χ2n) is 7.14. The molecular formula is C21H45O5P. The van der Waals surface area contributed by atoms with Gasteiger partial charge in [-0.15, -0.1) is 0 Å². The Labute approximate surface area is 168 Å². The number of carbonyl (C=O) groups excluding carboxylic acids is 1. The summed E-state index contributed by atoms with van der Waals surface area (Å²) in [6.45, 7) is 12.9. The summed E-state index contributed by atoms with van der Waals surface area (Å²) < 4.78 is 22.2. The number of phosphoric acid groups is 1. The quantitative estimate of drug-likeness (QED) is 0.280. The van der Waals surface area contributed by atoms with Crippen molar-refractivity contribution in [3.05, 3.63) is 0 Å². The Morgan fingerprint density at radius 3 is 1.41 bits per heavy atom. The van der Waals surface area contributed by atoms with E-state index in [9.17, 15) is 14.3 Å². The Bertz CT molecular complexity index is 357. The van der Waals surface area contributed by atoms with Gasteiger partial charge in [0.1, 0.15) is 5.78 Å². The van der Waals surface area contributed by atoms with E-state index in [4.69, 9.17) is 9.05 Å². The Morgan fingerprint density at radius 2 is 1.19 bits per heavy atom. The van der Waals surface area contributed by atoms with Crippen LogP contribution in [0.3, 0.4) is 0 Å². The van der Waals surface area contributed by atoms with Gasteiger partial charge in [-0.05, 0) is 24.7 Å². The van der Waals surface area contributed by atoms with E-state index in [1.54, 1.807) is 0 Å². The predicted octanol–water partition coefficient (Wildman–Crippen LogP) is 6.93. The number of Topliss-reactive ketones (excluding diaryl/α,β-unsaturated/α-hetero) is 1. The van der Waals surface area contributed by atoms with Crippen LogP contribution in [0.5, 0.6) is 0 Å². The number of ketones is 1. The Hall–Kier alpha value is -0.220. The summed E-state index contributed by atoms with van der Waals surface area (Å²) in [7, 11) is -3.89. The molecule has 0 amide bonds. The molecule has 0 aliphatic rings. The van der Waals surface area contributed by atoms with Gasteiger partial charge in [-0.3, -0.25) is 13.8 Å². The molecule has 0 aromatic rings. The van der Waals surface area contributed by atoms with Crippen LogP contribution in [-0.4, -0.2) is 23.9 Å². The van der Waals surface area contributed by atoms with Crippen molar-refractivity contribution in [3.63, 3.8) is 0 Å². The SMILES string of the molecule is CCC(=O)CC.CCCCC(CC)COP(=O)(O)OCC(CC)CCCC. The molecule has 0 fully saturated rings. The third-order valence-corrected chi connectivity index (χ3v) is 5.77. The van der Waals surface area contributed by atoms with Gasteiger partial charge in [0, 0.05) is 12.8 Å². The minimum absolute atomic E-state index is 0.316. The maximum Gasteiger partial charge on any atom is 0.472 e. The van der Waals surface area contributed by atoms with E-state index in [2.05, 4.69) is 27.7 Å². The minimum Gasteiger partial charge on any atom is -0.302 e. The van der Waals surface area contributed by atoms with Crippen molar-refractivity contribution in [1.82, 2.24) is 0 Å². The molecule has 2 atom stereocenters. The third-order valence-electron chi connectivity index (χ3n) is 4.82. The van der Waals surface area contributed by atoms with Crippen molar-refractivity contribution in [2.75, 3.05) is 13.2 Å². The second kappa shape index (κ2) is 19.1. The molecular weight excluding hydrogens is 363 g/mol. The number of rotatable bonds is 16. The maximum atomic E-state index is 11.9. The van der Waals surface area contributed by atoms with E-state index in [0.717, 1.165) is 51.4 Å². The normalized spacial score (nSPS) is 15.4. The van der Waals surface area contributed by atoms with Crippen LogP contribution in [0.2, 0.25) is 0 Å². The van der Waals surface area contributed by atoms with Crippen molar-refractivity contribution in [2.24, 2.45) is 11.8 Å². The Morgan fingerprint density at radius 1 is 0.815 bits per heavy atom. The number of carbonyl (C=O) groups is 1. The van der Waals surface area contributed by atoms with Crippen LogP contribution in [0.4, 0.5) is 0 Å². The van der Waals surface area contributed by atoms with E-state index in [0.29, 0.717) is 43.7 Å². The van der Waals surface area contributed by atoms with E-state index >= 15 is 0 Å². The van der Waals surface area contributed by atoms with Gasteiger partial charge in [-0.25, -0.2) is 4.57 Å². The molecule has 0 spiro atoms. The zero-order valence-corrected chi connectivity index (χ0v) is 19.6. The Balaban J connectivity index is 0. The Kier molecular flexibility index (Phi) is 20.5. The lowest BCUT2D eigenvalue weighted by Crippen LogP contribution is -2.12. The zero-order chi connectivity index (χ0) is 21.1. The van der Waals surface area contributed by atoms with Crippen molar-refractivity contribution in [1.29, 1.82) is 0 Å². The summed E-state index contributed by atoms with van der Waals surface area (Å²) in [5, 5.41) is 0. The minimum atomic E-state index is -3.89. The highest BCUT2D eigenvalue weighted by atomic mass is 31.2. The molecule has 0 bridgehead atoms. The average molecular weight is 409 g/mol. The van der Waals surface area contributed by atoms with Gasteiger partial charge >= 0.3 is 7.82 Å². The molecule has 0 rings (SSSR count). The molecule has 0 saturated heterocycles. The summed E-state index contributed by atoms with van der Waals surface area (Å²) >= 11 is 0. The average Bonchev–Trinajstić information content (AvgIpc) is 2.68. The van der Waals surface area contributed by atoms with Gasteiger partial charge in [0.15, 0.2) is 0 Å². The van der Waals surface area contributed by atoms with Crippen LogP contribution in [0.1, 0.15) is 106 Å². The predicted molar refractivity (Wildman–Crippen MR) is 114 cm³/mol. The summed E-state index contributed by atoms with van der Waals surface area (Å²) in [5.41, 5.74) is 0. The lowest BCUT2D eigenvalue weighted by atomic mass is 10.0. The van der Waals surface area contributed by atoms with Gasteiger partial charge in [0.2, 0.25) is 0 Å². The fraction of sp³-hybridized carbons (Fsp3) is 0.952. The molecule has 0 aliphatic heterocycles.